The SMILES string of the molecule is C.C.C.C=C/C=C(\C=C)c1ccc(-c2ccccc2)c(-c2ccccc2)c1. The third kappa shape index (κ3) is 5.43. The van der Waals surface area contributed by atoms with Crippen LogP contribution in [0.15, 0.2) is 110 Å². The van der Waals surface area contributed by atoms with Crippen molar-refractivity contribution in [2.45, 2.75) is 22.3 Å². The number of benzene rings is 3. The van der Waals surface area contributed by atoms with Crippen LogP contribution in [0, 0.1) is 0 Å². The minimum atomic E-state index is 0. The number of allylic oxidation sites excluding steroid dienone is 4. The van der Waals surface area contributed by atoms with Crippen LogP contribution in [0.25, 0.3) is 27.8 Å². The summed E-state index contributed by atoms with van der Waals surface area (Å²) < 4.78 is 0. The Labute approximate surface area is 166 Å². The molecule has 0 unspecified atom stereocenters. The normalized spacial score (nSPS) is 9.85. The van der Waals surface area contributed by atoms with E-state index >= 15 is 0 Å². The van der Waals surface area contributed by atoms with E-state index in [1.54, 1.807) is 6.08 Å². The van der Waals surface area contributed by atoms with Gasteiger partial charge in [-0.05, 0) is 39.5 Å². The molecule has 0 bridgehead atoms. The molecule has 0 spiro atoms. The highest BCUT2D eigenvalue weighted by Crippen LogP contribution is 2.34. The highest BCUT2D eigenvalue weighted by molar-refractivity contribution is 5.87. The predicted molar refractivity (Wildman–Crippen MR) is 126 cm³/mol. The van der Waals surface area contributed by atoms with Gasteiger partial charge in [-0.3, -0.25) is 0 Å². The van der Waals surface area contributed by atoms with Gasteiger partial charge < -0.3 is 0 Å². The van der Waals surface area contributed by atoms with Crippen LogP contribution in [0.5, 0.6) is 0 Å². The monoisotopic (exact) mass is 356 g/mol. The number of hydrogen-bond donors (Lipinski definition) is 0. The van der Waals surface area contributed by atoms with Gasteiger partial charge in [0.2, 0.25) is 0 Å². The summed E-state index contributed by atoms with van der Waals surface area (Å²) in [5.74, 6) is 0. The Bertz CT molecular complexity index is 868. The van der Waals surface area contributed by atoms with Crippen molar-refractivity contribution in [1.82, 2.24) is 0 Å². The molecule has 0 nitrogen and oxygen atoms in total. The molecule has 27 heavy (non-hydrogen) atoms. The van der Waals surface area contributed by atoms with Crippen LogP contribution in [0.4, 0.5) is 0 Å². The fraction of sp³-hybridized carbons (Fsp3) is 0.111. The molecule has 0 aliphatic carbocycles. The molecule has 3 rings (SSSR count). The Morgan fingerprint density at radius 2 is 1.15 bits per heavy atom. The van der Waals surface area contributed by atoms with Gasteiger partial charge in [0.1, 0.15) is 0 Å². The van der Waals surface area contributed by atoms with Crippen LogP contribution in [0.3, 0.4) is 0 Å². The van der Waals surface area contributed by atoms with Crippen molar-refractivity contribution in [2.75, 3.05) is 0 Å². The maximum Gasteiger partial charge on any atom is -0.00992 e. The lowest BCUT2D eigenvalue weighted by Gasteiger charge is -2.13. The number of hydrogen-bond acceptors (Lipinski definition) is 0. The highest BCUT2D eigenvalue weighted by Gasteiger charge is 2.09. The van der Waals surface area contributed by atoms with Crippen molar-refractivity contribution in [3.05, 3.63) is 116 Å². The van der Waals surface area contributed by atoms with E-state index < -0.39 is 0 Å². The van der Waals surface area contributed by atoms with Gasteiger partial charge in [-0.15, -0.1) is 0 Å². The van der Waals surface area contributed by atoms with Crippen LogP contribution in [0.2, 0.25) is 0 Å². The molecule has 0 amide bonds. The van der Waals surface area contributed by atoms with Gasteiger partial charge in [0.15, 0.2) is 0 Å². The van der Waals surface area contributed by atoms with E-state index in [0.29, 0.717) is 0 Å². The third-order valence-electron chi connectivity index (χ3n) is 4.04. The molecular formula is C27H32. The Balaban J connectivity index is 0.00000225. The maximum atomic E-state index is 3.92. The fourth-order valence-electron chi connectivity index (χ4n) is 2.86. The Hall–Kier alpha value is -3.12. The van der Waals surface area contributed by atoms with E-state index in [9.17, 15) is 0 Å². The van der Waals surface area contributed by atoms with E-state index in [0.717, 1.165) is 11.1 Å². The second-order valence-corrected chi connectivity index (χ2v) is 5.55. The zero-order chi connectivity index (χ0) is 16.8. The zero-order valence-corrected chi connectivity index (χ0v) is 13.7. The first-order chi connectivity index (χ1) is 11.8. The topological polar surface area (TPSA) is 0 Å². The van der Waals surface area contributed by atoms with Gasteiger partial charge in [-0.1, -0.05) is 126 Å². The Morgan fingerprint density at radius 3 is 1.63 bits per heavy atom. The van der Waals surface area contributed by atoms with Gasteiger partial charge in [0.05, 0.1) is 0 Å². The van der Waals surface area contributed by atoms with Crippen molar-refractivity contribution >= 4 is 5.57 Å². The molecular weight excluding hydrogens is 324 g/mol. The van der Waals surface area contributed by atoms with Gasteiger partial charge in [0.25, 0.3) is 0 Å². The van der Waals surface area contributed by atoms with Crippen molar-refractivity contribution in [2.24, 2.45) is 0 Å². The molecule has 0 aromatic heterocycles. The average molecular weight is 357 g/mol. The summed E-state index contributed by atoms with van der Waals surface area (Å²) in [5.41, 5.74) is 7.09. The minimum Gasteiger partial charge on any atom is -0.0990 e. The molecule has 0 heteroatoms. The van der Waals surface area contributed by atoms with E-state index in [4.69, 9.17) is 0 Å². The molecule has 0 N–H and O–H groups in total. The summed E-state index contributed by atoms with van der Waals surface area (Å²) in [6, 6.07) is 27.5. The quantitative estimate of drug-likeness (QED) is 0.401. The second kappa shape index (κ2) is 11.5. The summed E-state index contributed by atoms with van der Waals surface area (Å²) in [6.07, 6.45) is 5.65. The maximum absolute atomic E-state index is 3.92. The largest absolute Gasteiger partial charge is 0.0990 e. The first kappa shape index (κ1) is 23.9. The number of rotatable bonds is 5. The van der Waals surface area contributed by atoms with E-state index in [-0.39, 0.29) is 22.3 Å². The van der Waals surface area contributed by atoms with Gasteiger partial charge in [-0.25, -0.2) is 0 Å². The molecule has 0 fully saturated rings. The molecule has 3 aromatic rings. The molecule has 0 saturated heterocycles. The molecule has 0 aliphatic rings. The molecule has 0 radical (unpaired) electrons. The van der Waals surface area contributed by atoms with E-state index in [1.165, 1.54) is 22.3 Å². The highest BCUT2D eigenvalue weighted by atomic mass is 14.1. The zero-order valence-electron chi connectivity index (χ0n) is 13.7. The van der Waals surface area contributed by atoms with Crippen LogP contribution >= 0.6 is 0 Å². The van der Waals surface area contributed by atoms with Crippen LogP contribution in [0.1, 0.15) is 27.8 Å². The summed E-state index contributed by atoms with van der Waals surface area (Å²) in [6.45, 7) is 7.72. The van der Waals surface area contributed by atoms with Gasteiger partial charge in [-0.2, -0.15) is 0 Å². The Kier molecular flexibility index (Phi) is 10.2. The standard InChI is InChI=1S/C24H20.3CH4/c1-3-11-19(4-2)22-16-17-23(20-12-7-5-8-13-20)24(18-22)21-14-9-6-10-15-21;;;/h3-18H,1-2H2;3*1H4/b19-11+;;;. The summed E-state index contributed by atoms with van der Waals surface area (Å²) >= 11 is 0. The molecule has 0 saturated carbocycles. The smallest absolute Gasteiger partial charge is 0.00992 e. The first-order valence-corrected chi connectivity index (χ1v) is 8.04. The predicted octanol–water partition coefficient (Wildman–Crippen LogP) is 8.68. The van der Waals surface area contributed by atoms with Gasteiger partial charge in [0, 0.05) is 0 Å². The van der Waals surface area contributed by atoms with Crippen molar-refractivity contribution in [3.8, 4) is 22.3 Å². The lowest BCUT2D eigenvalue weighted by molar-refractivity contribution is 1.55. The van der Waals surface area contributed by atoms with Crippen molar-refractivity contribution in [1.29, 1.82) is 0 Å². The van der Waals surface area contributed by atoms with E-state index in [2.05, 4.69) is 79.9 Å². The van der Waals surface area contributed by atoms with Gasteiger partial charge >= 0.3 is 0 Å². The second-order valence-electron chi connectivity index (χ2n) is 5.55. The average Bonchev–Trinajstić information content (AvgIpc) is 2.67. The minimum absolute atomic E-state index is 0. The molecule has 0 atom stereocenters. The van der Waals surface area contributed by atoms with Crippen LogP contribution < -0.4 is 0 Å². The molecule has 3 aromatic carbocycles. The lowest BCUT2D eigenvalue weighted by Crippen LogP contribution is -1.89. The summed E-state index contributed by atoms with van der Waals surface area (Å²) in [4.78, 5) is 0. The molecule has 140 valence electrons. The van der Waals surface area contributed by atoms with Crippen LogP contribution in [-0.2, 0) is 0 Å². The fourth-order valence-corrected chi connectivity index (χ4v) is 2.86. The van der Waals surface area contributed by atoms with E-state index in [1.807, 2.05) is 24.3 Å². The van der Waals surface area contributed by atoms with Crippen LogP contribution in [-0.4, -0.2) is 0 Å². The summed E-state index contributed by atoms with van der Waals surface area (Å²) in [5, 5.41) is 0. The van der Waals surface area contributed by atoms with Crippen molar-refractivity contribution in [3.63, 3.8) is 0 Å². The summed E-state index contributed by atoms with van der Waals surface area (Å²) in [7, 11) is 0. The molecule has 0 heterocycles. The lowest BCUT2D eigenvalue weighted by atomic mass is 9.91. The third-order valence-corrected chi connectivity index (χ3v) is 4.04. The van der Waals surface area contributed by atoms with Crippen molar-refractivity contribution < 1.29 is 0 Å². The first-order valence-electron chi connectivity index (χ1n) is 8.04. The molecule has 0 aliphatic heterocycles. The Morgan fingerprint density at radius 1 is 0.630 bits per heavy atom.